The van der Waals surface area contributed by atoms with Gasteiger partial charge in [0, 0.05) is 12.1 Å². The molecule has 1 aromatic rings. The number of nitrogens with one attached hydrogen (secondary N) is 1. The van der Waals surface area contributed by atoms with Crippen LogP contribution in [0.1, 0.15) is 39.7 Å². The van der Waals surface area contributed by atoms with Crippen molar-refractivity contribution >= 4 is 0 Å². The van der Waals surface area contributed by atoms with Gasteiger partial charge in [-0.3, -0.25) is 0 Å². The zero-order valence-corrected chi connectivity index (χ0v) is 10.8. The Bertz CT molecular complexity index is 303. The highest BCUT2D eigenvalue weighted by Gasteiger charge is 2.12. The van der Waals surface area contributed by atoms with Crippen LogP contribution in [0.2, 0.25) is 0 Å². The predicted molar refractivity (Wildman–Crippen MR) is 68.8 cm³/mol. The molecular weight excluding hydrogens is 198 g/mol. The molecule has 0 atom stereocenters. The van der Waals surface area contributed by atoms with E-state index in [4.69, 9.17) is 4.74 Å². The van der Waals surface area contributed by atoms with Crippen molar-refractivity contribution < 1.29 is 4.74 Å². The summed E-state index contributed by atoms with van der Waals surface area (Å²) in [7, 11) is 0. The second-order valence-corrected chi connectivity index (χ2v) is 4.67. The maximum absolute atomic E-state index is 5.41. The first-order valence-electron chi connectivity index (χ1n) is 6.04. The van der Waals surface area contributed by atoms with Crippen molar-refractivity contribution in [3.05, 3.63) is 29.8 Å². The van der Waals surface area contributed by atoms with Crippen LogP contribution in [0.3, 0.4) is 0 Å². The van der Waals surface area contributed by atoms with E-state index in [1.807, 2.05) is 19.1 Å². The van der Waals surface area contributed by atoms with Gasteiger partial charge in [-0.2, -0.15) is 0 Å². The van der Waals surface area contributed by atoms with Crippen molar-refractivity contribution in [1.82, 2.24) is 5.32 Å². The predicted octanol–water partition coefficient (Wildman–Crippen LogP) is 3.36. The molecule has 0 heterocycles. The zero-order chi connectivity index (χ0) is 12.0. The third-order valence-corrected chi connectivity index (χ3v) is 2.89. The van der Waals surface area contributed by atoms with Crippen LogP contribution in [-0.4, -0.2) is 12.1 Å². The highest BCUT2D eigenvalue weighted by molar-refractivity contribution is 5.27. The Balaban J connectivity index is 2.49. The monoisotopic (exact) mass is 221 g/mol. The summed E-state index contributed by atoms with van der Waals surface area (Å²) in [4.78, 5) is 0. The van der Waals surface area contributed by atoms with Gasteiger partial charge in [-0.15, -0.1) is 0 Å². The van der Waals surface area contributed by atoms with Gasteiger partial charge in [-0.25, -0.2) is 0 Å². The molecule has 0 saturated heterocycles. The topological polar surface area (TPSA) is 21.3 Å². The first kappa shape index (κ1) is 13.0. The lowest BCUT2D eigenvalue weighted by Gasteiger charge is -2.24. The summed E-state index contributed by atoms with van der Waals surface area (Å²) >= 11 is 0. The SMILES string of the molecule is CCOc1ccc(CNC(C)(C)CC)cc1. The second kappa shape index (κ2) is 5.90. The van der Waals surface area contributed by atoms with Gasteiger partial charge in [0.05, 0.1) is 6.61 Å². The Morgan fingerprint density at radius 2 is 1.75 bits per heavy atom. The molecule has 0 amide bonds. The number of rotatable bonds is 6. The van der Waals surface area contributed by atoms with Gasteiger partial charge in [0.1, 0.15) is 5.75 Å². The molecule has 0 aliphatic carbocycles. The Morgan fingerprint density at radius 3 is 2.25 bits per heavy atom. The van der Waals surface area contributed by atoms with Crippen molar-refractivity contribution in [2.24, 2.45) is 0 Å². The van der Waals surface area contributed by atoms with E-state index in [0.29, 0.717) is 0 Å². The molecule has 2 nitrogen and oxygen atoms in total. The van der Waals surface area contributed by atoms with Crippen LogP contribution in [-0.2, 0) is 6.54 Å². The second-order valence-electron chi connectivity index (χ2n) is 4.67. The lowest BCUT2D eigenvalue weighted by Crippen LogP contribution is -2.37. The maximum atomic E-state index is 5.41. The molecular formula is C14H23NO. The van der Waals surface area contributed by atoms with Crippen LogP contribution in [0, 0.1) is 0 Å². The van der Waals surface area contributed by atoms with E-state index in [9.17, 15) is 0 Å². The van der Waals surface area contributed by atoms with Gasteiger partial charge < -0.3 is 10.1 Å². The normalized spacial score (nSPS) is 11.5. The van der Waals surface area contributed by atoms with E-state index in [1.165, 1.54) is 5.56 Å². The summed E-state index contributed by atoms with van der Waals surface area (Å²) in [6, 6.07) is 8.28. The Morgan fingerprint density at radius 1 is 1.12 bits per heavy atom. The molecule has 1 aromatic carbocycles. The smallest absolute Gasteiger partial charge is 0.119 e. The van der Waals surface area contributed by atoms with Gasteiger partial charge >= 0.3 is 0 Å². The zero-order valence-electron chi connectivity index (χ0n) is 10.8. The molecule has 16 heavy (non-hydrogen) atoms. The standard InChI is InChI=1S/C14H23NO/c1-5-14(3,4)15-11-12-7-9-13(10-8-12)16-6-2/h7-10,15H,5-6,11H2,1-4H3. The summed E-state index contributed by atoms with van der Waals surface area (Å²) in [5, 5.41) is 3.54. The molecule has 0 bridgehead atoms. The van der Waals surface area contributed by atoms with E-state index in [1.54, 1.807) is 0 Å². The van der Waals surface area contributed by atoms with Gasteiger partial charge in [0.15, 0.2) is 0 Å². The lowest BCUT2D eigenvalue weighted by atomic mass is 10.0. The quantitative estimate of drug-likeness (QED) is 0.795. The minimum absolute atomic E-state index is 0.207. The maximum Gasteiger partial charge on any atom is 0.119 e. The van der Waals surface area contributed by atoms with Crippen LogP contribution in [0.4, 0.5) is 0 Å². The van der Waals surface area contributed by atoms with E-state index < -0.39 is 0 Å². The molecule has 0 saturated carbocycles. The molecule has 2 heteroatoms. The first-order valence-corrected chi connectivity index (χ1v) is 6.04. The summed E-state index contributed by atoms with van der Waals surface area (Å²) in [5.41, 5.74) is 1.50. The van der Waals surface area contributed by atoms with Crippen molar-refractivity contribution in [1.29, 1.82) is 0 Å². The summed E-state index contributed by atoms with van der Waals surface area (Å²) in [6.45, 7) is 10.3. The highest BCUT2D eigenvalue weighted by atomic mass is 16.5. The molecule has 0 radical (unpaired) electrons. The molecule has 0 spiro atoms. The van der Waals surface area contributed by atoms with Gasteiger partial charge in [-0.1, -0.05) is 19.1 Å². The highest BCUT2D eigenvalue weighted by Crippen LogP contribution is 2.13. The third kappa shape index (κ3) is 4.23. The van der Waals surface area contributed by atoms with Crippen molar-refractivity contribution in [3.8, 4) is 5.75 Å². The molecule has 0 aliphatic heterocycles. The molecule has 0 unspecified atom stereocenters. The molecule has 90 valence electrons. The number of benzene rings is 1. The fourth-order valence-electron chi connectivity index (χ4n) is 1.34. The van der Waals surface area contributed by atoms with Crippen molar-refractivity contribution in [2.45, 2.75) is 46.2 Å². The molecule has 1 N–H and O–H groups in total. The lowest BCUT2D eigenvalue weighted by molar-refractivity contribution is 0.340. The number of ether oxygens (including phenoxy) is 1. The van der Waals surface area contributed by atoms with E-state index in [0.717, 1.165) is 25.3 Å². The largest absolute Gasteiger partial charge is 0.494 e. The minimum atomic E-state index is 0.207. The molecule has 0 fully saturated rings. The van der Waals surface area contributed by atoms with Crippen LogP contribution in [0.5, 0.6) is 5.75 Å². The fraction of sp³-hybridized carbons (Fsp3) is 0.571. The van der Waals surface area contributed by atoms with Crippen molar-refractivity contribution in [3.63, 3.8) is 0 Å². The number of hydrogen-bond acceptors (Lipinski definition) is 2. The summed E-state index contributed by atoms with van der Waals surface area (Å²) < 4.78 is 5.41. The van der Waals surface area contributed by atoms with Crippen LogP contribution >= 0.6 is 0 Å². The van der Waals surface area contributed by atoms with Gasteiger partial charge in [-0.05, 0) is 44.9 Å². The van der Waals surface area contributed by atoms with E-state index in [2.05, 4.69) is 38.2 Å². The molecule has 0 aromatic heterocycles. The van der Waals surface area contributed by atoms with Crippen LogP contribution in [0.15, 0.2) is 24.3 Å². The Kier molecular flexibility index (Phi) is 4.81. The van der Waals surface area contributed by atoms with Crippen LogP contribution in [0.25, 0.3) is 0 Å². The fourth-order valence-corrected chi connectivity index (χ4v) is 1.34. The van der Waals surface area contributed by atoms with Gasteiger partial charge in [0.2, 0.25) is 0 Å². The van der Waals surface area contributed by atoms with Crippen molar-refractivity contribution in [2.75, 3.05) is 6.61 Å². The molecule has 1 rings (SSSR count). The third-order valence-electron chi connectivity index (χ3n) is 2.89. The first-order chi connectivity index (χ1) is 7.57. The van der Waals surface area contributed by atoms with E-state index >= 15 is 0 Å². The minimum Gasteiger partial charge on any atom is -0.494 e. The summed E-state index contributed by atoms with van der Waals surface area (Å²) in [5.74, 6) is 0.945. The summed E-state index contributed by atoms with van der Waals surface area (Å²) in [6.07, 6.45) is 1.13. The number of hydrogen-bond donors (Lipinski definition) is 1. The van der Waals surface area contributed by atoms with Crippen LogP contribution < -0.4 is 10.1 Å². The Hall–Kier alpha value is -1.02. The molecule has 0 aliphatic rings. The average Bonchev–Trinajstić information content (AvgIpc) is 2.29. The van der Waals surface area contributed by atoms with Gasteiger partial charge in [0.25, 0.3) is 0 Å². The van der Waals surface area contributed by atoms with E-state index in [-0.39, 0.29) is 5.54 Å². The Labute approximate surface area is 99.0 Å². The average molecular weight is 221 g/mol.